The minimum atomic E-state index is -4.66. The fraction of sp³-hybridized carbons (Fsp3) is 0.333. The largest absolute Gasteiger partial charge is 0.567 e. The van der Waals surface area contributed by atoms with Crippen molar-refractivity contribution in [2.45, 2.75) is 25.7 Å². The van der Waals surface area contributed by atoms with E-state index >= 15 is 0 Å². The van der Waals surface area contributed by atoms with Crippen LogP contribution in [0.15, 0.2) is 24.1 Å². The minimum Gasteiger partial charge on any atom is -0.364 e. The number of rotatable bonds is 11. The molecule has 14 nitrogen and oxygen atoms in total. The number of imidazole rings is 2. The first-order chi connectivity index (χ1) is 16.9. The zero-order chi connectivity index (χ0) is 26.9. The highest BCUT2D eigenvalue weighted by molar-refractivity contribution is 7.53. The molecule has 0 aliphatic heterocycles. The van der Waals surface area contributed by atoms with E-state index < -0.39 is 20.2 Å². The van der Waals surface area contributed by atoms with E-state index in [1.165, 1.54) is 24.2 Å². The Morgan fingerprint density at radius 3 is 2.56 bits per heavy atom. The number of unbranched alkanes of at least 4 members (excludes halogenated alkanes) is 1. The van der Waals surface area contributed by atoms with Gasteiger partial charge < -0.3 is 14.1 Å². The Labute approximate surface area is 202 Å². The number of aliphatic imine (C=N–C) groups is 1. The number of hydrogen-bond acceptors (Lipinski definition) is 11. The number of nitrogens with zero attached hydrogens (tertiary/aromatic N) is 7. The number of carbonyl (C=O) groups is 1. The van der Waals surface area contributed by atoms with Crippen molar-refractivity contribution in [1.29, 1.82) is 0 Å². The highest BCUT2D eigenvalue weighted by Crippen LogP contribution is 2.45. The number of aromatic nitrogens is 7. The van der Waals surface area contributed by atoms with Gasteiger partial charge in [-0.2, -0.15) is 37.5 Å². The van der Waals surface area contributed by atoms with Crippen LogP contribution in [-0.4, -0.2) is 75.7 Å². The summed E-state index contributed by atoms with van der Waals surface area (Å²) in [7, 11) is -2.55. The summed E-state index contributed by atoms with van der Waals surface area (Å²) >= 11 is 0. The fourth-order valence-electron chi connectivity index (χ4n) is 2.66. The molecule has 0 aliphatic rings. The van der Waals surface area contributed by atoms with Crippen LogP contribution in [-0.2, 0) is 27.0 Å². The summed E-state index contributed by atoms with van der Waals surface area (Å²) in [6, 6.07) is 0. The van der Waals surface area contributed by atoms with Crippen molar-refractivity contribution in [2.24, 2.45) is 4.99 Å². The van der Waals surface area contributed by atoms with Crippen molar-refractivity contribution >= 4 is 33.3 Å². The van der Waals surface area contributed by atoms with E-state index in [2.05, 4.69) is 42.9 Å². The van der Waals surface area contributed by atoms with Crippen LogP contribution in [0.25, 0.3) is 29.1 Å². The monoisotopic (exact) mass is 535 g/mol. The van der Waals surface area contributed by atoms with E-state index in [-0.39, 0.29) is 30.8 Å². The van der Waals surface area contributed by atoms with Gasteiger partial charge in [0.1, 0.15) is 36.7 Å². The Bertz CT molecular complexity index is 1170. The van der Waals surface area contributed by atoms with E-state index in [0.29, 0.717) is 30.5 Å². The Kier molecular flexibility index (Phi) is 10.1. The molecule has 0 saturated carbocycles. The summed E-state index contributed by atoms with van der Waals surface area (Å²) in [5.41, 5.74) is 0.782. The Morgan fingerprint density at radius 2 is 2.03 bits per heavy atom. The Morgan fingerprint density at radius 1 is 1.31 bits per heavy atom. The van der Waals surface area contributed by atoms with Crippen molar-refractivity contribution in [3.8, 4) is 22.9 Å². The lowest BCUT2D eigenvalue weighted by Gasteiger charge is -2.03. The molecule has 3 rings (SSSR count). The molecule has 196 valence electrons. The first-order valence-corrected chi connectivity index (χ1v) is 11.4. The number of ether oxygens (including phenoxy) is 1. The number of aldehydes is 1. The molecule has 4 N–H and O–H groups in total. The Balaban J connectivity index is 0.000000388. The quantitative estimate of drug-likeness (QED) is 0.123. The van der Waals surface area contributed by atoms with Gasteiger partial charge in [-0.25, -0.2) is 19.9 Å². The van der Waals surface area contributed by atoms with Crippen LogP contribution in [0.4, 0.5) is 19.1 Å². The van der Waals surface area contributed by atoms with E-state index in [0.717, 1.165) is 0 Å². The van der Waals surface area contributed by atoms with Crippen molar-refractivity contribution in [2.75, 3.05) is 13.7 Å². The molecular weight excluding hydrogens is 512 g/mol. The lowest BCUT2D eigenvalue weighted by molar-refractivity contribution is -0.144. The average Bonchev–Trinajstić information content (AvgIpc) is 3.53. The van der Waals surface area contributed by atoms with Gasteiger partial charge in [-0.1, -0.05) is 6.58 Å². The molecule has 0 bridgehead atoms. The van der Waals surface area contributed by atoms with E-state index in [1.807, 2.05) is 5.10 Å². The zero-order valence-corrected chi connectivity index (χ0v) is 19.7. The van der Waals surface area contributed by atoms with Gasteiger partial charge in [0, 0.05) is 25.9 Å². The molecule has 0 unspecified atom stereocenters. The normalized spacial score (nSPS) is 11.6. The summed E-state index contributed by atoms with van der Waals surface area (Å²) in [6.07, 6.45) is 1.23. The van der Waals surface area contributed by atoms with E-state index in [9.17, 15) is 18.0 Å². The summed E-state index contributed by atoms with van der Waals surface area (Å²) in [5.74, 6) is -1.37. The number of alkyl halides is 3. The topological polar surface area (TPSA) is 186 Å². The van der Waals surface area contributed by atoms with Gasteiger partial charge in [-0.15, -0.1) is 0 Å². The van der Waals surface area contributed by atoms with Gasteiger partial charge in [0.2, 0.25) is 17.6 Å². The van der Waals surface area contributed by atoms with Crippen molar-refractivity contribution in [3.63, 3.8) is 0 Å². The number of nitrogens with one attached hydrogen (secondary N) is 1. The van der Waals surface area contributed by atoms with Crippen LogP contribution >= 0.6 is 8.17 Å². The maximum absolute atomic E-state index is 12.8. The third kappa shape index (κ3) is 7.84. The molecule has 3 aromatic rings. The maximum atomic E-state index is 12.8. The summed E-state index contributed by atoms with van der Waals surface area (Å²) in [6.45, 7) is 7.30. The van der Waals surface area contributed by atoms with Crippen LogP contribution in [0.5, 0.6) is 0 Å². The zero-order valence-electron chi connectivity index (χ0n) is 18.8. The third-order valence-corrected chi connectivity index (χ3v) is 4.60. The lowest BCUT2D eigenvalue weighted by Crippen LogP contribution is -2.07. The highest BCUT2D eigenvalue weighted by atomic mass is 31.2. The third-order valence-electron chi connectivity index (χ3n) is 4.07. The molecule has 0 aromatic carbocycles. The second-order valence-electron chi connectivity index (χ2n) is 6.67. The van der Waals surface area contributed by atoms with Gasteiger partial charge in [0.25, 0.3) is 0 Å². The standard InChI is InChI=1S/C14H13F3N8O.C4H10O5P/c1-4-25-10(8-5-24(6-19-8)7-26-3)9(20-13(25)18-2)11-21-12(23-22-11)14(15,16)17;5-3-1-2-4-9-10(6,7)8/h4-6H,1-2,7H2,3H3,(H,21,22,23);3,6-8H,1-2,4H2/q;+1. The molecule has 36 heavy (non-hydrogen) atoms. The second-order valence-corrected chi connectivity index (χ2v) is 7.96. The molecule has 0 amide bonds. The molecule has 0 saturated heterocycles. The molecule has 3 aromatic heterocycles. The van der Waals surface area contributed by atoms with Crippen molar-refractivity contribution in [3.05, 3.63) is 24.9 Å². The summed E-state index contributed by atoms with van der Waals surface area (Å²) in [4.78, 5) is 50.0. The second kappa shape index (κ2) is 12.6. The number of carbonyl (C=O) groups excluding carboxylic acids is 1. The van der Waals surface area contributed by atoms with Crippen LogP contribution < -0.4 is 0 Å². The molecule has 0 fully saturated rings. The highest BCUT2D eigenvalue weighted by Gasteiger charge is 2.36. The number of H-pyrrole nitrogens is 1. The van der Waals surface area contributed by atoms with Crippen LogP contribution in [0.2, 0.25) is 0 Å². The lowest BCUT2D eigenvalue weighted by atomic mass is 10.2. The molecule has 0 atom stereocenters. The number of methoxy groups -OCH3 is 1. The van der Waals surface area contributed by atoms with Gasteiger partial charge in [0.15, 0.2) is 0 Å². The minimum absolute atomic E-state index is 0.0178. The Hall–Kier alpha value is -3.34. The van der Waals surface area contributed by atoms with E-state index in [4.69, 9.17) is 19.4 Å². The van der Waals surface area contributed by atoms with Crippen molar-refractivity contribution in [1.82, 2.24) is 34.3 Å². The molecule has 18 heteroatoms. The number of hydrogen-bond donors (Lipinski definition) is 4. The SMILES string of the molecule is C=Cn1c(N=C)nc(-c2n[nH]c(C(F)(F)F)n2)c1-c1cn(COC)cn1.O=CCCCO[P+](O)(O)O. The summed E-state index contributed by atoms with van der Waals surface area (Å²) < 4.78 is 50.7. The molecule has 3 heterocycles. The molecule has 0 aliphatic carbocycles. The predicted molar refractivity (Wildman–Crippen MR) is 121 cm³/mol. The van der Waals surface area contributed by atoms with Crippen LogP contribution in [0, 0.1) is 0 Å². The van der Waals surface area contributed by atoms with Gasteiger partial charge in [-0.3, -0.25) is 9.67 Å². The first-order valence-electron chi connectivity index (χ1n) is 9.83. The molecule has 0 spiro atoms. The van der Waals surface area contributed by atoms with Crippen LogP contribution in [0.1, 0.15) is 18.7 Å². The first kappa shape index (κ1) is 28.9. The number of aromatic amines is 1. The fourth-order valence-corrected chi connectivity index (χ4v) is 3.03. The van der Waals surface area contributed by atoms with Gasteiger partial charge >= 0.3 is 14.3 Å². The average molecular weight is 535 g/mol. The van der Waals surface area contributed by atoms with Gasteiger partial charge in [0.05, 0.1) is 6.33 Å². The maximum Gasteiger partial charge on any atom is 0.567 e. The number of halogens is 3. The van der Waals surface area contributed by atoms with Crippen molar-refractivity contribution < 1.29 is 41.9 Å². The predicted octanol–water partition coefficient (Wildman–Crippen LogP) is 2.22. The van der Waals surface area contributed by atoms with E-state index in [1.54, 1.807) is 10.8 Å². The molecule has 0 radical (unpaired) electrons. The van der Waals surface area contributed by atoms with Gasteiger partial charge in [-0.05, 0) is 13.1 Å². The smallest absolute Gasteiger partial charge is 0.364 e. The van der Waals surface area contributed by atoms with Crippen LogP contribution in [0.3, 0.4) is 0 Å². The summed E-state index contributed by atoms with van der Waals surface area (Å²) in [5, 5.41) is 5.48. The molecular formula is C18H23F3N8O6P+.